The summed E-state index contributed by atoms with van der Waals surface area (Å²) < 4.78 is 20.7. The smallest absolute Gasteiger partial charge is 0.319 e. The largest absolute Gasteiger partial charge is 0.391 e. The molecule has 0 rings (SSSR count). The van der Waals surface area contributed by atoms with Gasteiger partial charge in [0, 0.05) is 12.8 Å². The fourth-order valence-corrected chi connectivity index (χ4v) is 1.74. The van der Waals surface area contributed by atoms with Crippen LogP contribution in [-0.4, -0.2) is 30.6 Å². The monoisotopic (exact) mass is 274 g/mol. The van der Waals surface area contributed by atoms with Crippen LogP contribution in [0.3, 0.4) is 0 Å². The molecule has 4 N–H and O–H groups in total. The van der Waals surface area contributed by atoms with E-state index in [4.69, 9.17) is 19.6 Å². The van der Waals surface area contributed by atoms with E-state index in [2.05, 4.69) is 0 Å². The molecule has 0 aromatic heterocycles. The summed E-state index contributed by atoms with van der Waals surface area (Å²) in [6.45, 7) is 0. The van der Waals surface area contributed by atoms with Gasteiger partial charge in [-0.15, -0.1) is 0 Å². The topological polar surface area (TPSA) is 149 Å². The first kappa shape index (κ1) is 15.6. The van der Waals surface area contributed by atoms with Crippen LogP contribution in [0, 0.1) is 0 Å². The minimum absolute atomic E-state index is 0.00428. The van der Waals surface area contributed by atoms with E-state index in [1.165, 1.54) is 0 Å². The highest BCUT2D eigenvalue weighted by atomic mass is 31.2. The molecule has 0 aliphatic carbocycles. The number of unbranched alkanes of at least 4 members (excludes halogenated alkanes) is 1. The van der Waals surface area contributed by atoms with Crippen molar-refractivity contribution < 1.29 is 38.3 Å². The Morgan fingerprint density at radius 1 is 0.750 bits per heavy atom. The summed E-state index contributed by atoms with van der Waals surface area (Å²) in [5.41, 5.74) is -2.48. The maximum absolute atomic E-state index is 10.7. The first-order valence-electron chi connectivity index (χ1n) is 4.23. The average molecular weight is 274 g/mol. The number of carbonyl (C=O) groups is 2. The van der Waals surface area contributed by atoms with E-state index in [1.807, 2.05) is 0 Å². The number of hydrogen-bond acceptors (Lipinski definition) is 4. The van der Waals surface area contributed by atoms with Crippen LogP contribution < -0.4 is 0 Å². The third-order valence-corrected chi connectivity index (χ3v) is 3.43. The van der Waals surface area contributed by atoms with E-state index < -0.39 is 39.1 Å². The molecule has 0 unspecified atom stereocenters. The molecule has 94 valence electrons. The first-order valence-corrected chi connectivity index (χ1v) is 7.45. The zero-order valence-electron chi connectivity index (χ0n) is 8.14. The molecule has 10 heteroatoms. The number of rotatable bonds is 7. The van der Waals surface area contributed by atoms with Crippen LogP contribution >= 0.6 is 15.2 Å². The summed E-state index contributed by atoms with van der Waals surface area (Å²) in [5.74, 6) is 0. The van der Waals surface area contributed by atoms with E-state index in [9.17, 15) is 18.7 Å². The van der Waals surface area contributed by atoms with Gasteiger partial charge in [0.15, 0.2) is 0 Å². The Kier molecular flexibility index (Phi) is 5.69. The molecular formula is C6H12O8P2. The SMILES string of the molecule is O=C(CCCCC(=O)P(=O)(O)O)P(=O)(O)O. The van der Waals surface area contributed by atoms with Crippen molar-refractivity contribution in [2.45, 2.75) is 25.7 Å². The molecule has 0 heterocycles. The van der Waals surface area contributed by atoms with Crippen LogP contribution in [0.5, 0.6) is 0 Å². The lowest BCUT2D eigenvalue weighted by Gasteiger charge is -2.03. The van der Waals surface area contributed by atoms with Crippen molar-refractivity contribution in [1.82, 2.24) is 0 Å². The molecule has 8 nitrogen and oxygen atoms in total. The van der Waals surface area contributed by atoms with Gasteiger partial charge >= 0.3 is 15.2 Å². The Labute approximate surface area is 91.0 Å². The summed E-state index contributed by atoms with van der Waals surface area (Å²) in [5, 5.41) is 0. The van der Waals surface area contributed by atoms with Crippen LogP contribution in [0.15, 0.2) is 0 Å². The molecule has 0 atom stereocenters. The van der Waals surface area contributed by atoms with Crippen molar-refractivity contribution in [3.8, 4) is 0 Å². The molecule has 0 fully saturated rings. The third kappa shape index (κ3) is 6.27. The summed E-state index contributed by atoms with van der Waals surface area (Å²) in [4.78, 5) is 55.0. The van der Waals surface area contributed by atoms with Crippen molar-refractivity contribution in [2.24, 2.45) is 0 Å². The quantitative estimate of drug-likeness (QED) is 0.373. The van der Waals surface area contributed by atoms with Gasteiger partial charge in [-0.1, -0.05) is 0 Å². The molecule has 0 saturated carbocycles. The van der Waals surface area contributed by atoms with Gasteiger partial charge in [-0.2, -0.15) is 0 Å². The molecular weight excluding hydrogens is 262 g/mol. The van der Waals surface area contributed by atoms with E-state index in [0.717, 1.165) is 0 Å². The molecule has 0 spiro atoms. The van der Waals surface area contributed by atoms with Crippen LogP contribution in [0.1, 0.15) is 25.7 Å². The lowest BCUT2D eigenvalue weighted by atomic mass is 10.2. The lowest BCUT2D eigenvalue weighted by Crippen LogP contribution is -2.01. The Morgan fingerprint density at radius 3 is 1.19 bits per heavy atom. The van der Waals surface area contributed by atoms with Gasteiger partial charge in [-0.25, -0.2) is 0 Å². The Hall–Kier alpha value is -0.360. The molecule has 0 bridgehead atoms. The second-order valence-electron chi connectivity index (χ2n) is 3.08. The van der Waals surface area contributed by atoms with Gasteiger partial charge in [0.25, 0.3) is 0 Å². The standard InChI is InChI=1S/C6H12O8P2/c7-5(15(9,10)11)3-1-2-4-6(8)16(12,13)14/h1-4H2,(H2,9,10,11)(H2,12,13,14). The minimum Gasteiger partial charge on any atom is -0.319 e. The lowest BCUT2D eigenvalue weighted by molar-refractivity contribution is -0.115. The first-order chi connectivity index (χ1) is 7.05. The van der Waals surface area contributed by atoms with E-state index in [1.54, 1.807) is 0 Å². The summed E-state index contributed by atoms with van der Waals surface area (Å²) in [6, 6.07) is 0. The summed E-state index contributed by atoms with van der Waals surface area (Å²) in [6.07, 6.45) is -0.844. The maximum atomic E-state index is 10.7. The van der Waals surface area contributed by atoms with Gasteiger partial charge < -0.3 is 19.6 Å². The molecule has 0 saturated heterocycles. The Bertz CT molecular complexity index is 327. The zero-order valence-corrected chi connectivity index (χ0v) is 9.93. The van der Waals surface area contributed by atoms with Crippen molar-refractivity contribution in [2.75, 3.05) is 0 Å². The van der Waals surface area contributed by atoms with Crippen LogP contribution in [0.2, 0.25) is 0 Å². The maximum Gasteiger partial charge on any atom is 0.391 e. The van der Waals surface area contributed by atoms with Crippen LogP contribution in [-0.2, 0) is 18.7 Å². The molecule has 0 aliphatic heterocycles. The Balaban J connectivity index is 3.88. The van der Waals surface area contributed by atoms with Gasteiger partial charge in [-0.05, 0) is 12.8 Å². The molecule has 16 heavy (non-hydrogen) atoms. The fraction of sp³-hybridized carbons (Fsp3) is 0.667. The predicted octanol–water partition coefficient (Wildman–Crippen LogP) is -0.0446. The molecule has 0 aromatic carbocycles. The van der Waals surface area contributed by atoms with Gasteiger partial charge in [0.05, 0.1) is 0 Å². The summed E-state index contributed by atoms with van der Waals surface area (Å²) >= 11 is 0. The average Bonchev–Trinajstić information content (AvgIpc) is 2.08. The predicted molar refractivity (Wildman–Crippen MR) is 52.6 cm³/mol. The third-order valence-electron chi connectivity index (χ3n) is 1.68. The van der Waals surface area contributed by atoms with E-state index >= 15 is 0 Å². The normalized spacial score (nSPS) is 12.5. The van der Waals surface area contributed by atoms with Crippen molar-refractivity contribution in [3.05, 3.63) is 0 Å². The minimum atomic E-state index is -4.73. The van der Waals surface area contributed by atoms with Crippen LogP contribution in [0.4, 0.5) is 0 Å². The van der Waals surface area contributed by atoms with Gasteiger partial charge in [-0.3, -0.25) is 18.7 Å². The van der Waals surface area contributed by atoms with Crippen LogP contribution in [0.25, 0.3) is 0 Å². The van der Waals surface area contributed by atoms with Crippen molar-refractivity contribution >= 4 is 26.2 Å². The molecule has 0 aromatic rings. The Morgan fingerprint density at radius 2 is 1.00 bits per heavy atom. The van der Waals surface area contributed by atoms with E-state index in [0.29, 0.717) is 0 Å². The van der Waals surface area contributed by atoms with Gasteiger partial charge in [0.1, 0.15) is 0 Å². The van der Waals surface area contributed by atoms with Crippen molar-refractivity contribution in [3.63, 3.8) is 0 Å². The fourth-order valence-electron chi connectivity index (χ4n) is 0.844. The van der Waals surface area contributed by atoms with Gasteiger partial charge in [0.2, 0.25) is 11.0 Å². The molecule has 0 aliphatic rings. The zero-order chi connectivity index (χ0) is 13.0. The molecule has 0 radical (unpaired) electrons. The second kappa shape index (κ2) is 5.82. The van der Waals surface area contributed by atoms with E-state index in [-0.39, 0.29) is 12.8 Å². The van der Waals surface area contributed by atoms with Crippen molar-refractivity contribution in [1.29, 1.82) is 0 Å². The summed E-state index contributed by atoms with van der Waals surface area (Å²) in [7, 11) is -9.46. The highest BCUT2D eigenvalue weighted by molar-refractivity contribution is 7.70. The highest BCUT2D eigenvalue weighted by Gasteiger charge is 2.26. The second-order valence-corrected chi connectivity index (χ2v) is 6.26. The number of hydrogen-bond donors (Lipinski definition) is 4. The highest BCUT2D eigenvalue weighted by Crippen LogP contribution is 2.39. The molecule has 0 amide bonds. The number of carbonyl (C=O) groups excluding carboxylic acids is 2.